The number of carbonyl (C=O) groups is 16. The maximum absolute atomic E-state index is 14.2. The molecule has 24 N–H and O–H groups in total. The molecule has 0 fully saturated rings. The van der Waals surface area contributed by atoms with E-state index in [-0.39, 0.29) is 49.0 Å². The van der Waals surface area contributed by atoms with Gasteiger partial charge in [0.1, 0.15) is 78.8 Å². The lowest BCUT2D eigenvalue weighted by Gasteiger charge is -2.28. The zero-order valence-electron chi connectivity index (χ0n) is 55.9. The number of carboxylic acids is 3. The minimum Gasteiger partial charge on any atom is -0.508 e. The second-order valence-corrected chi connectivity index (χ2v) is 25.0. The van der Waals surface area contributed by atoms with Crippen LogP contribution in [0.5, 0.6) is 5.75 Å². The summed E-state index contributed by atoms with van der Waals surface area (Å²) >= 11 is 1.45. The average molecular weight is 1410 g/mol. The number of phenols is 1. The van der Waals surface area contributed by atoms with Gasteiger partial charge in [-0.25, -0.2) is 0 Å². The zero-order valence-corrected chi connectivity index (χ0v) is 56.7. The van der Waals surface area contributed by atoms with Gasteiger partial charge in [-0.05, 0) is 114 Å². The Morgan fingerprint density at radius 2 is 0.898 bits per heavy atom. The van der Waals surface area contributed by atoms with Gasteiger partial charge in [0.15, 0.2) is 0 Å². The highest BCUT2D eigenvalue weighted by Crippen LogP contribution is 2.14. The number of benzene rings is 1. The summed E-state index contributed by atoms with van der Waals surface area (Å²) in [6.07, 6.45) is -3.12. The predicted octanol–water partition coefficient (Wildman–Crippen LogP) is -6.60. The summed E-state index contributed by atoms with van der Waals surface area (Å²) in [6, 6.07) is -14.6. The Balaban J connectivity index is 3.50. The fraction of sp³-hybridized carbons (Fsp3) is 0.633. The van der Waals surface area contributed by atoms with Gasteiger partial charge in [-0.15, -0.1) is 0 Å². The third kappa shape index (κ3) is 33.6. The number of aliphatic hydroxyl groups is 2. The molecule has 550 valence electrons. The van der Waals surface area contributed by atoms with E-state index in [9.17, 15) is 102 Å². The maximum Gasteiger partial charge on any atom is 0.322 e. The van der Waals surface area contributed by atoms with Crippen molar-refractivity contribution in [2.24, 2.45) is 29.0 Å². The van der Waals surface area contributed by atoms with Crippen molar-refractivity contribution in [1.82, 2.24) is 63.8 Å². The van der Waals surface area contributed by atoms with Gasteiger partial charge in [0.05, 0.1) is 31.6 Å². The summed E-state index contributed by atoms with van der Waals surface area (Å²) < 4.78 is 0. The predicted molar refractivity (Wildman–Crippen MR) is 350 cm³/mol. The molecule has 0 radical (unpaired) electrons. The molecule has 0 bridgehead atoms. The largest absolute Gasteiger partial charge is 0.508 e. The first kappa shape index (κ1) is 86.7. The van der Waals surface area contributed by atoms with Crippen LogP contribution in [0.25, 0.3) is 0 Å². The second-order valence-electron chi connectivity index (χ2n) is 24.0. The first-order chi connectivity index (χ1) is 45.8. The summed E-state index contributed by atoms with van der Waals surface area (Å²) in [6.45, 7) is 8.59. The van der Waals surface area contributed by atoms with Crippen LogP contribution in [0.2, 0.25) is 0 Å². The van der Waals surface area contributed by atoms with E-state index in [1.54, 1.807) is 27.7 Å². The molecule has 37 nitrogen and oxygen atoms in total. The first-order valence-corrected chi connectivity index (χ1v) is 32.8. The van der Waals surface area contributed by atoms with Gasteiger partial charge < -0.3 is 112 Å². The number of aliphatic carboxylic acids is 3. The third-order valence-corrected chi connectivity index (χ3v) is 15.0. The Morgan fingerprint density at radius 1 is 0.469 bits per heavy atom. The smallest absolute Gasteiger partial charge is 0.322 e. The second kappa shape index (κ2) is 44.5. The summed E-state index contributed by atoms with van der Waals surface area (Å²) in [5.74, 6) is -19.2. The van der Waals surface area contributed by atoms with Gasteiger partial charge in [-0.2, -0.15) is 11.8 Å². The zero-order chi connectivity index (χ0) is 74.7. The number of carboxylic acid groups (broad SMARTS) is 3. The minimum atomic E-state index is -2.16. The molecule has 98 heavy (non-hydrogen) atoms. The molecule has 13 amide bonds. The normalized spacial score (nSPS) is 15.1. The molecule has 0 unspecified atom stereocenters. The van der Waals surface area contributed by atoms with Crippen molar-refractivity contribution in [1.29, 1.82) is 0 Å². The number of hydrogen-bond acceptors (Lipinski definition) is 22. The van der Waals surface area contributed by atoms with Gasteiger partial charge >= 0.3 is 17.9 Å². The molecule has 0 aromatic heterocycles. The number of amides is 13. The van der Waals surface area contributed by atoms with E-state index in [1.807, 2.05) is 6.26 Å². The number of thioether (sulfide) groups is 1. The van der Waals surface area contributed by atoms with Crippen LogP contribution in [0.1, 0.15) is 118 Å². The quantitative estimate of drug-likeness (QED) is 0.0270. The van der Waals surface area contributed by atoms with Crippen molar-refractivity contribution in [3.8, 4) is 5.75 Å². The van der Waals surface area contributed by atoms with Crippen LogP contribution in [0.3, 0.4) is 0 Å². The highest BCUT2D eigenvalue weighted by molar-refractivity contribution is 7.98. The third-order valence-electron chi connectivity index (χ3n) is 14.4. The number of hydrogen-bond donors (Lipinski definition) is 21. The van der Waals surface area contributed by atoms with E-state index < -0.39 is 219 Å². The van der Waals surface area contributed by atoms with Crippen molar-refractivity contribution < 1.29 is 107 Å². The van der Waals surface area contributed by atoms with Gasteiger partial charge in [-0.1, -0.05) is 39.8 Å². The van der Waals surface area contributed by atoms with Gasteiger partial charge in [0, 0.05) is 12.8 Å². The fourth-order valence-corrected chi connectivity index (χ4v) is 9.56. The van der Waals surface area contributed by atoms with E-state index in [1.165, 1.54) is 43.0 Å². The Morgan fingerprint density at radius 3 is 1.38 bits per heavy atom. The van der Waals surface area contributed by atoms with E-state index in [0.29, 0.717) is 25.0 Å². The number of nitrogens with two attached hydrogens (primary N) is 3. The molecule has 0 spiro atoms. The van der Waals surface area contributed by atoms with Crippen LogP contribution < -0.4 is 81.0 Å². The number of primary amides is 1. The summed E-state index contributed by atoms with van der Waals surface area (Å²) in [7, 11) is 0. The van der Waals surface area contributed by atoms with Crippen LogP contribution in [-0.2, 0) is 83.1 Å². The lowest BCUT2D eigenvalue weighted by atomic mass is 10.0. The molecule has 0 saturated heterocycles. The maximum atomic E-state index is 14.2. The van der Waals surface area contributed by atoms with Gasteiger partial charge in [-0.3, -0.25) is 76.7 Å². The van der Waals surface area contributed by atoms with E-state index in [4.69, 9.17) is 22.3 Å². The summed E-state index contributed by atoms with van der Waals surface area (Å²) in [4.78, 5) is 211. The van der Waals surface area contributed by atoms with Crippen LogP contribution in [0, 0.1) is 11.8 Å². The van der Waals surface area contributed by atoms with E-state index in [0.717, 1.165) is 13.8 Å². The molecule has 1 aromatic carbocycles. The monoisotopic (exact) mass is 1410 g/mol. The highest BCUT2D eigenvalue weighted by atomic mass is 32.2. The summed E-state index contributed by atoms with van der Waals surface area (Å²) in [5.41, 5.74) is 17.2. The van der Waals surface area contributed by atoms with Crippen molar-refractivity contribution in [2.75, 3.05) is 31.7 Å². The first-order valence-electron chi connectivity index (χ1n) is 31.4. The molecular weight excluding hydrogens is 1310 g/mol. The number of nitrogens with one attached hydrogen (secondary N) is 12. The number of rotatable bonds is 47. The van der Waals surface area contributed by atoms with Crippen molar-refractivity contribution in [2.45, 2.75) is 198 Å². The molecule has 1 rings (SSSR count). The molecule has 0 aliphatic rings. The molecule has 38 heteroatoms. The van der Waals surface area contributed by atoms with Gasteiger partial charge in [0.25, 0.3) is 0 Å². The Labute approximate surface area is 569 Å². The van der Waals surface area contributed by atoms with Gasteiger partial charge in [0.2, 0.25) is 76.8 Å². The number of phenolic OH excluding ortho intramolecular Hbond substituents is 1. The van der Waals surface area contributed by atoms with E-state index >= 15 is 0 Å². The van der Waals surface area contributed by atoms with Crippen LogP contribution in [0.15, 0.2) is 24.3 Å². The lowest BCUT2D eigenvalue weighted by Crippen LogP contribution is -2.62. The number of carbonyl (C=O) groups excluding carboxylic acids is 13. The minimum absolute atomic E-state index is 0.0109. The molecular formula is C60H97N15O22S. The average Bonchev–Trinajstić information content (AvgIpc) is 0.867. The Kier molecular flexibility index (Phi) is 39.4. The molecule has 0 aliphatic carbocycles. The summed E-state index contributed by atoms with van der Waals surface area (Å²) in [5, 5.41) is 87.0. The molecule has 13 atom stereocenters. The number of aromatic hydroxyl groups is 1. The molecule has 1 aromatic rings. The SMILES string of the molecule is CSCC[C@H](N)C(=O)N[C@@H](CC(C)C)C(=O)N[C@@H](C)C(=O)N[C@@H](CC(N)=O)C(=O)N[C@@H](CCC(=O)O)C(=O)N[C@@H](CC(=O)O)C(=O)N[C@@H](Cc1ccc(O)cc1)C(=O)N[C@@H](C)C(=O)N[C@@H](CO)C(=O)N[C@@H](CC(C)C)C(=O)N[C@H](C(=O)N[C@@H](CCCCN)C(=O)NCC(=O)O)[C@@H](C)O. The van der Waals surface area contributed by atoms with Crippen molar-refractivity contribution in [3.63, 3.8) is 0 Å². The number of aliphatic hydroxyl groups excluding tert-OH is 2. The number of unbranched alkanes of at least 4 members (excludes halogenated alkanes) is 1. The van der Waals surface area contributed by atoms with Crippen LogP contribution in [-0.4, -0.2) is 236 Å². The van der Waals surface area contributed by atoms with Crippen LogP contribution >= 0.6 is 11.8 Å². The van der Waals surface area contributed by atoms with Crippen molar-refractivity contribution in [3.05, 3.63) is 29.8 Å². The van der Waals surface area contributed by atoms with Crippen molar-refractivity contribution >= 4 is 106 Å². The molecule has 0 saturated carbocycles. The standard InChI is InChI=1S/C60H97N15O22S/c1-28(2)21-38(70-51(88)35(62)18-20-98-8)54(91)65-30(5)49(86)69-41(24-44(63)79)56(93)67-37(16-17-45(80)81)53(90)73-42(25-46(82)83)57(94)72-40(23-33-12-14-34(78)15-13-33)55(92)66-31(6)50(87)74-43(27-76)59(96)71-39(22-29(3)4)58(95)75-48(32(7)77)60(97)68-36(11-9-10-19-61)52(89)64-26-47(84)85/h12-15,28-32,35-43,48,76-78H,9-11,16-27,61-62H2,1-8H3,(H2,63,79)(H,64,89)(H,65,91)(H,66,92)(H,67,93)(H,68,97)(H,69,86)(H,70,88)(H,71,96)(H,72,94)(H,73,90)(H,74,87)(H,75,95)(H,80,81)(H,82,83)(H,84,85)/t30-,31-,32+,35-,36-,37-,38-,39-,40-,41-,42-,43-,48-/m0/s1. The Hall–Kier alpha value is -9.27. The highest BCUT2D eigenvalue weighted by Gasteiger charge is 2.38. The Bertz CT molecular complexity index is 2920. The van der Waals surface area contributed by atoms with Crippen LogP contribution in [0.4, 0.5) is 0 Å². The topological polar surface area (TPSA) is 617 Å². The molecule has 0 heterocycles. The fourth-order valence-electron chi connectivity index (χ4n) is 9.07. The lowest BCUT2D eigenvalue weighted by molar-refractivity contribution is -0.142. The molecule has 0 aliphatic heterocycles. The van der Waals surface area contributed by atoms with E-state index in [2.05, 4.69) is 63.8 Å².